The van der Waals surface area contributed by atoms with Crippen molar-refractivity contribution in [3.63, 3.8) is 0 Å². The van der Waals surface area contributed by atoms with E-state index < -0.39 is 0 Å². The molecule has 8 rings (SSSR count). The van der Waals surface area contributed by atoms with Gasteiger partial charge in [0, 0.05) is 36.3 Å². The maximum atomic E-state index is 5.71. The maximum absolute atomic E-state index is 5.71. The molecule has 5 nitrogen and oxygen atoms in total. The lowest BCUT2D eigenvalue weighted by atomic mass is 9.68. The monoisotopic (exact) mass is 463 g/mol. The van der Waals surface area contributed by atoms with Gasteiger partial charge in [-0.05, 0) is 25.3 Å². The van der Waals surface area contributed by atoms with Crippen LogP contribution in [-0.2, 0) is 0 Å². The minimum atomic E-state index is 0. The van der Waals surface area contributed by atoms with E-state index in [1.807, 2.05) is 4.90 Å². The summed E-state index contributed by atoms with van der Waals surface area (Å²) >= 11 is 5.71. The Morgan fingerprint density at radius 3 is 2.28 bits per heavy atom. The summed E-state index contributed by atoms with van der Waals surface area (Å²) in [5.74, 6) is 3.42. The molecule has 8 bridgehead atoms. The van der Waals surface area contributed by atoms with E-state index in [1.165, 1.54) is 32.7 Å². The zero-order valence-corrected chi connectivity index (χ0v) is 19.6. The minimum absolute atomic E-state index is 0. The van der Waals surface area contributed by atoms with Crippen LogP contribution in [0.5, 0.6) is 0 Å². The van der Waals surface area contributed by atoms with Crippen LogP contribution in [0, 0.1) is 17.8 Å². The molecule has 0 aromatic rings. The van der Waals surface area contributed by atoms with E-state index in [9.17, 15) is 0 Å². The molecule has 8 heteroatoms. The highest BCUT2D eigenvalue weighted by molar-refractivity contribution is 6.25. The Balaban J connectivity index is 0.000000172. The average molecular weight is 465 g/mol. The largest absolute Gasteiger partial charge is 1.00 e. The topological polar surface area (TPSA) is 23.0 Å². The molecule has 5 unspecified atom stereocenters. The molecule has 0 radical (unpaired) electrons. The third-order valence-corrected chi connectivity index (χ3v) is 8.11. The molecule has 7 heterocycles. The van der Waals surface area contributed by atoms with Crippen LogP contribution in [0.1, 0.15) is 25.7 Å². The third-order valence-electron chi connectivity index (χ3n) is 7.93. The summed E-state index contributed by atoms with van der Waals surface area (Å²) in [7, 11) is 0. The number of nitrogens with zero attached hydrogens (tertiary/aromatic N) is 3. The van der Waals surface area contributed by atoms with Crippen molar-refractivity contribution < 1.29 is 34.2 Å². The number of piperidine rings is 3. The van der Waals surface area contributed by atoms with Gasteiger partial charge in [-0.1, -0.05) is 17.7 Å². The van der Waals surface area contributed by atoms with Gasteiger partial charge in [0.05, 0.1) is 38.9 Å². The van der Waals surface area contributed by atoms with Gasteiger partial charge < -0.3 is 29.7 Å². The van der Waals surface area contributed by atoms with Crippen molar-refractivity contribution in [2.24, 2.45) is 17.8 Å². The molecule has 5 atom stereocenters. The minimum Gasteiger partial charge on any atom is -1.00 e. The van der Waals surface area contributed by atoms with Gasteiger partial charge in [0.25, 0.3) is 0 Å². The van der Waals surface area contributed by atoms with Crippen LogP contribution in [-0.4, -0.2) is 79.2 Å². The second-order valence-electron chi connectivity index (χ2n) is 10.0. The average Bonchev–Trinajstić information content (AvgIpc) is 2.62. The summed E-state index contributed by atoms with van der Waals surface area (Å²) < 4.78 is 1.10. The summed E-state index contributed by atoms with van der Waals surface area (Å²) in [6.07, 6.45) is 10.5. The van der Waals surface area contributed by atoms with Crippen molar-refractivity contribution in [1.82, 2.24) is 15.3 Å². The lowest BCUT2D eigenvalue weighted by molar-refractivity contribution is -0.989. The van der Waals surface area contributed by atoms with Crippen molar-refractivity contribution in [2.45, 2.75) is 37.9 Å². The first-order valence-corrected chi connectivity index (χ1v) is 11.4. The Kier molecular flexibility index (Phi) is 8.00. The number of nitrogens with one attached hydrogen (secondary N) is 2. The zero-order chi connectivity index (χ0) is 18.4. The normalized spacial score (nSPS) is 47.9. The maximum Gasteiger partial charge on any atom is 0.151 e. The molecule has 166 valence electrons. The van der Waals surface area contributed by atoms with E-state index in [0.717, 1.165) is 48.5 Å². The van der Waals surface area contributed by atoms with Gasteiger partial charge in [0.1, 0.15) is 6.54 Å². The highest BCUT2D eigenvalue weighted by Gasteiger charge is 2.54. The van der Waals surface area contributed by atoms with E-state index in [0.29, 0.717) is 12.2 Å². The fourth-order valence-electron chi connectivity index (χ4n) is 7.40. The molecule has 0 amide bonds. The van der Waals surface area contributed by atoms with Gasteiger partial charge in [-0.15, -0.1) is 6.58 Å². The Labute approximate surface area is 193 Å². The molecule has 1 aliphatic carbocycles. The smallest absolute Gasteiger partial charge is 0.151 e. The standard InChI is InChI=1S/C12H20ClN4.C9H15N.2ClH/c1-2-4-12-15-7-11-8-17(12,6-3-5-13)10-16(9-15)14-11;1-7-2-9-3-8(1)5-10(4-7)6-9;;/h2-3,5,11-12,14H,1,4,6-10H2;7-9H,1-6H2;2*1H/q+1;;;/p-1. The van der Waals surface area contributed by atoms with E-state index in [2.05, 4.69) is 34.1 Å². The van der Waals surface area contributed by atoms with Crippen LogP contribution >= 0.6 is 11.6 Å². The molecule has 0 spiro atoms. The van der Waals surface area contributed by atoms with Gasteiger partial charge in [-0.2, -0.15) is 5.01 Å². The number of hydrazine groups is 1. The Hall–Kier alpha value is 0.150. The first-order chi connectivity index (χ1) is 13.2. The Morgan fingerprint density at radius 1 is 1.10 bits per heavy atom. The van der Waals surface area contributed by atoms with Crippen molar-refractivity contribution in [3.05, 3.63) is 24.3 Å². The number of halogens is 3. The van der Waals surface area contributed by atoms with E-state index in [4.69, 9.17) is 11.6 Å². The molecule has 0 aromatic heterocycles. The van der Waals surface area contributed by atoms with Crippen LogP contribution in [0.4, 0.5) is 0 Å². The van der Waals surface area contributed by atoms with Gasteiger partial charge in [0.2, 0.25) is 0 Å². The van der Waals surface area contributed by atoms with Crippen LogP contribution < -0.4 is 35.1 Å². The SMILES string of the molecule is C1C2CC3CC1C[NH+](C2)C3.C=CCC1N2CC3C[N+]1(CC=CCl)CN(C2)N3.[Cl-].[Cl-]. The molecule has 8 aliphatic rings. The zero-order valence-electron chi connectivity index (χ0n) is 17.3. The number of hydrogen-bond donors (Lipinski definition) is 2. The number of rotatable bonds is 4. The quantitative estimate of drug-likeness (QED) is 0.321. The summed E-state index contributed by atoms with van der Waals surface area (Å²) in [4.78, 5) is 4.52. The highest BCUT2D eigenvalue weighted by Crippen LogP contribution is 2.36. The highest BCUT2D eigenvalue weighted by atomic mass is 35.5. The molecule has 7 aliphatic heterocycles. The molecular weight excluding hydrogens is 429 g/mol. The van der Waals surface area contributed by atoms with Crippen molar-refractivity contribution in [1.29, 1.82) is 0 Å². The molecule has 2 N–H and O–H groups in total. The molecule has 1 saturated carbocycles. The van der Waals surface area contributed by atoms with Crippen LogP contribution in [0.15, 0.2) is 24.3 Å². The summed E-state index contributed by atoms with van der Waals surface area (Å²) in [5, 5.41) is 2.35. The fraction of sp³-hybridized carbons (Fsp3) is 0.810. The third kappa shape index (κ3) is 4.68. The number of quaternary nitrogens is 2. The lowest BCUT2D eigenvalue weighted by Crippen LogP contribution is -3.17. The van der Waals surface area contributed by atoms with E-state index in [-0.39, 0.29) is 24.8 Å². The van der Waals surface area contributed by atoms with E-state index in [1.54, 1.807) is 24.8 Å². The van der Waals surface area contributed by atoms with Gasteiger partial charge in [-0.25, -0.2) is 10.3 Å². The lowest BCUT2D eigenvalue weighted by Gasteiger charge is -2.63. The number of hydrogen-bond acceptors (Lipinski definition) is 3. The first kappa shape index (κ1) is 23.8. The Bertz CT molecular complexity index is 530. The summed E-state index contributed by atoms with van der Waals surface area (Å²) in [6.45, 7) is 14.0. The van der Waals surface area contributed by atoms with Crippen LogP contribution in [0.3, 0.4) is 0 Å². The molecule has 8 fully saturated rings. The summed E-state index contributed by atoms with van der Waals surface area (Å²) in [5.41, 5.74) is 5.22. The van der Waals surface area contributed by atoms with Gasteiger partial charge in [0.15, 0.2) is 12.8 Å². The second-order valence-corrected chi connectivity index (χ2v) is 10.3. The molecule has 0 aromatic carbocycles. The summed E-state index contributed by atoms with van der Waals surface area (Å²) in [6, 6.07) is 0.599. The molecular formula is C21H36Cl3N5. The fourth-order valence-corrected chi connectivity index (χ4v) is 7.48. The predicted molar refractivity (Wildman–Crippen MR) is 109 cm³/mol. The van der Waals surface area contributed by atoms with Crippen LogP contribution in [0.2, 0.25) is 0 Å². The first-order valence-electron chi connectivity index (χ1n) is 11.0. The predicted octanol–water partition coefficient (Wildman–Crippen LogP) is -5.17. The van der Waals surface area contributed by atoms with Crippen molar-refractivity contribution >= 4 is 11.6 Å². The van der Waals surface area contributed by atoms with Crippen LogP contribution in [0.25, 0.3) is 0 Å². The Morgan fingerprint density at radius 2 is 1.76 bits per heavy atom. The van der Waals surface area contributed by atoms with Gasteiger partial charge >= 0.3 is 0 Å². The molecule has 7 saturated heterocycles. The van der Waals surface area contributed by atoms with Gasteiger partial charge in [-0.3, -0.25) is 4.48 Å². The van der Waals surface area contributed by atoms with Crippen molar-refractivity contribution in [2.75, 3.05) is 52.6 Å². The second kappa shape index (κ2) is 9.74. The molecule has 29 heavy (non-hydrogen) atoms. The van der Waals surface area contributed by atoms with Crippen molar-refractivity contribution in [3.8, 4) is 0 Å². The van der Waals surface area contributed by atoms with E-state index >= 15 is 0 Å².